The maximum Gasteiger partial charge on any atom is 0.343 e. The molecule has 0 spiro atoms. The van der Waals surface area contributed by atoms with Crippen molar-refractivity contribution in [2.45, 2.75) is 13.8 Å². The number of nitrogens with one attached hydrogen (secondary N) is 2. The monoisotopic (exact) mass is 467 g/mol. The van der Waals surface area contributed by atoms with E-state index < -0.39 is 30.4 Å². The lowest BCUT2D eigenvalue weighted by atomic mass is 10.1. The molecule has 0 radical (unpaired) electrons. The van der Waals surface area contributed by atoms with E-state index in [1.54, 1.807) is 43.3 Å². The molecule has 0 saturated carbocycles. The number of benzene rings is 2. The minimum atomic E-state index is -0.696. The Balaban J connectivity index is 1.71. The van der Waals surface area contributed by atoms with Crippen LogP contribution in [0.3, 0.4) is 0 Å². The highest BCUT2D eigenvalue weighted by Gasteiger charge is 2.35. The van der Waals surface area contributed by atoms with Crippen molar-refractivity contribution >= 4 is 35.6 Å². The highest BCUT2D eigenvalue weighted by molar-refractivity contribution is 6.16. The molecule has 178 valence electrons. The molecule has 34 heavy (non-hydrogen) atoms. The van der Waals surface area contributed by atoms with Crippen LogP contribution >= 0.6 is 0 Å². The number of carbonyl (C=O) groups is 4. The number of urea groups is 1. The lowest BCUT2D eigenvalue weighted by Gasteiger charge is -2.12. The molecule has 1 fully saturated rings. The number of hydrogen-bond donors (Lipinski definition) is 2. The molecule has 0 bridgehead atoms. The van der Waals surface area contributed by atoms with Gasteiger partial charge in [-0.15, -0.1) is 0 Å². The molecule has 1 heterocycles. The van der Waals surface area contributed by atoms with E-state index in [1.165, 1.54) is 13.2 Å². The highest BCUT2D eigenvalue weighted by atomic mass is 16.6. The van der Waals surface area contributed by atoms with Crippen molar-refractivity contribution in [2.24, 2.45) is 0 Å². The number of anilines is 1. The molecular weight excluding hydrogens is 442 g/mol. The number of ether oxygens (including phenoxy) is 3. The predicted octanol–water partition coefficient (Wildman–Crippen LogP) is 2.48. The third-order valence-electron chi connectivity index (χ3n) is 4.72. The second-order valence-electron chi connectivity index (χ2n) is 7.30. The Kier molecular flexibility index (Phi) is 7.86. The smallest absolute Gasteiger partial charge is 0.343 e. The summed E-state index contributed by atoms with van der Waals surface area (Å²) in [6.07, 6.45) is 1.46. The zero-order valence-electron chi connectivity index (χ0n) is 19.0. The maximum atomic E-state index is 12.7. The van der Waals surface area contributed by atoms with Gasteiger partial charge in [-0.1, -0.05) is 18.2 Å². The molecule has 1 saturated heterocycles. The molecule has 4 amide bonds. The quantitative estimate of drug-likeness (QED) is 0.330. The summed E-state index contributed by atoms with van der Waals surface area (Å²) in [6, 6.07) is 11.3. The minimum Gasteiger partial charge on any atom is -0.490 e. The third-order valence-corrected chi connectivity index (χ3v) is 4.72. The van der Waals surface area contributed by atoms with Crippen molar-refractivity contribution in [3.8, 4) is 11.5 Å². The fourth-order valence-corrected chi connectivity index (χ4v) is 3.15. The van der Waals surface area contributed by atoms with Gasteiger partial charge in [0.2, 0.25) is 5.91 Å². The molecule has 10 nitrogen and oxygen atoms in total. The van der Waals surface area contributed by atoms with Crippen LogP contribution in [-0.2, 0) is 19.1 Å². The second-order valence-corrected chi connectivity index (χ2v) is 7.30. The van der Waals surface area contributed by atoms with Gasteiger partial charge in [-0.25, -0.2) is 14.5 Å². The van der Waals surface area contributed by atoms with Crippen LogP contribution in [0.25, 0.3) is 6.08 Å². The van der Waals surface area contributed by atoms with Gasteiger partial charge in [0.1, 0.15) is 12.2 Å². The van der Waals surface area contributed by atoms with Gasteiger partial charge in [-0.05, 0) is 55.3 Å². The molecule has 2 aromatic rings. The number of carbonyl (C=O) groups excluding carboxylic acids is 4. The maximum absolute atomic E-state index is 12.7. The van der Waals surface area contributed by atoms with Gasteiger partial charge in [0.25, 0.3) is 5.91 Å². The summed E-state index contributed by atoms with van der Waals surface area (Å²) in [4.78, 5) is 49.6. The van der Waals surface area contributed by atoms with E-state index in [0.29, 0.717) is 29.4 Å². The van der Waals surface area contributed by atoms with Gasteiger partial charge in [0.05, 0.1) is 13.7 Å². The molecule has 2 N–H and O–H groups in total. The number of methoxy groups -OCH3 is 1. The Labute approximate surface area is 196 Å². The predicted molar refractivity (Wildman–Crippen MR) is 123 cm³/mol. The number of imide groups is 1. The Morgan fingerprint density at radius 2 is 1.88 bits per heavy atom. The number of nitrogens with zero attached hydrogens (tertiary/aromatic N) is 1. The third kappa shape index (κ3) is 6.12. The first-order chi connectivity index (χ1) is 16.3. The van der Waals surface area contributed by atoms with Gasteiger partial charge < -0.3 is 24.8 Å². The standard InChI is InChI=1S/C24H25N3O7/c1-4-33-20-12-16(8-9-19(20)34-14-22(29)32-3)11-18-23(30)27(24(31)26-18)13-21(28)25-17-7-5-6-15(2)10-17/h5-12H,4,13-14H2,1-3H3,(H,25,28)(H,26,31)/b18-11+. The number of hydrogen-bond acceptors (Lipinski definition) is 7. The lowest BCUT2D eigenvalue weighted by molar-refractivity contribution is -0.143. The average molecular weight is 467 g/mol. The molecule has 2 aromatic carbocycles. The van der Waals surface area contributed by atoms with Crippen molar-refractivity contribution < 1.29 is 33.4 Å². The second kappa shape index (κ2) is 11.0. The van der Waals surface area contributed by atoms with E-state index in [0.717, 1.165) is 10.5 Å². The average Bonchev–Trinajstić information content (AvgIpc) is 3.05. The Hall–Kier alpha value is -4.34. The zero-order chi connectivity index (χ0) is 24.7. The summed E-state index contributed by atoms with van der Waals surface area (Å²) in [7, 11) is 1.26. The van der Waals surface area contributed by atoms with E-state index in [-0.39, 0.29) is 12.3 Å². The Bertz CT molecular complexity index is 1140. The van der Waals surface area contributed by atoms with Gasteiger partial charge in [0.15, 0.2) is 18.1 Å². The van der Waals surface area contributed by atoms with Crippen LogP contribution in [0.1, 0.15) is 18.1 Å². The number of aryl methyl sites for hydroxylation is 1. The summed E-state index contributed by atoms with van der Waals surface area (Å²) < 4.78 is 15.5. The van der Waals surface area contributed by atoms with Crippen molar-refractivity contribution in [1.82, 2.24) is 10.2 Å². The molecule has 0 aromatic heterocycles. The minimum absolute atomic E-state index is 0.0130. The molecule has 0 atom stereocenters. The SMILES string of the molecule is CCOc1cc(/C=C2/NC(=O)N(CC(=O)Nc3cccc(C)c3)C2=O)ccc1OCC(=O)OC. The first-order valence-corrected chi connectivity index (χ1v) is 10.5. The number of esters is 1. The van der Waals surface area contributed by atoms with E-state index in [4.69, 9.17) is 9.47 Å². The lowest BCUT2D eigenvalue weighted by Crippen LogP contribution is -2.38. The molecule has 1 aliphatic heterocycles. The van der Waals surface area contributed by atoms with Crippen LogP contribution in [0.15, 0.2) is 48.2 Å². The molecular formula is C24H25N3O7. The molecule has 10 heteroatoms. The van der Waals surface area contributed by atoms with Crippen LogP contribution in [-0.4, -0.2) is 55.6 Å². The van der Waals surface area contributed by atoms with Crippen LogP contribution in [0, 0.1) is 6.92 Å². The molecule has 1 aliphatic rings. The van der Waals surface area contributed by atoms with E-state index in [9.17, 15) is 19.2 Å². The van der Waals surface area contributed by atoms with E-state index >= 15 is 0 Å². The van der Waals surface area contributed by atoms with Crippen molar-refractivity contribution in [3.63, 3.8) is 0 Å². The van der Waals surface area contributed by atoms with Crippen molar-refractivity contribution in [3.05, 3.63) is 59.3 Å². The summed E-state index contributed by atoms with van der Waals surface area (Å²) in [6.45, 7) is 3.30. The number of amides is 4. The Morgan fingerprint density at radius 3 is 2.59 bits per heavy atom. The van der Waals surface area contributed by atoms with E-state index in [1.807, 2.05) is 13.0 Å². The molecule has 0 unspecified atom stereocenters. The zero-order valence-corrected chi connectivity index (χ0v) is 19.0. The van der Waals surface area contributed by atoms with Gasteiger partial charge in [-0.2, -0.15) is 0 Å². The van der Waals surface area contributed by atoms with Crippen molar-refractivity contribution in [1.29, 1.82) is 0 Å². The molecule has 0 aliphatic carbocycles. The van der Waals surface area contributed by atoms with Crippen LogP contribution in [0.2, 0.25) is 0 Å². The van der Waals surface area contributed by atoms with Gasteiger partial charge in [-0.3, -0.25) is 9.59 Å². The Morgan fingerprint density at radius 1 is 1.09 bits per heavy atom. The summed E-state index contributed by atoms with van der Waals surface area (Å²) in [5.74, 6) is -0.994. The summed E-state index contributed by atoms with van der Waals surface area (Å²) in [5.41, 5.74) is 2.10. The van der Waals surface area contributed by atoms with Crippen LogP contribution in [0.5, 0.6) is 11.5 Å². The van der Waals surface area contributed by atoms with E-state index in [2.05, 4.69) is 15.4 Å². The largest absolute Gasteiger partial charge is 0.490 e. The van der Waals surface area contributed by atoms with Crippen LogP contribution in [0.4, 0.5) is 10.5 Å². The van der Waals surface area contributed by atoms with Crippen molar-refractivity contribution in [2.75, 3.05) is 32.2 Å². The van der Waals surface area contributed by atoms with Gasteiger partial charge in [0, 0.05) is 5.69 Å². The first-order valence-electron chi connectivity index (χ1n) is 10.5. The fourth-order valence-electron chi connectivity index (χ4n) is 3.15. The van der Waals surface area contributed by atoms with Gasteiger partial charge >= 0.3 is 12.0 Å². The summed E-state index contributed by atoms with van der Waals surface area (Å²) >= 11 is 0. The molecule has 3 rings (SSSR count). The fraction of sp³-hybridized carbons (Fsp3) is 0.250. The summed E-state index contributed by atoms with van der Waals surface area (Å²) in [5, 5.41) is 5.15. The topological polar surface area (TPSA) is 123 Å². The van der Waals surface area contributed by atoms with Crippen LogP contribution < -0.4 is 20.1 Å². The first kappa shape index (κ1) is 24.3. The highest BCUT2D eigenvalue weighted by Crippen LogP contribution is 2.30. The number of rotatable bonds is 9. The normalized spacial score (nSPS) is 14.1.